The van der Waals surface area contributed by atoms with Gasteiger partial charge in [0.05, 0.1) is 16.7 Å². The summed E-state index contributed by atoms with van der Waals surface area (Å²) >= 11 is 0. The zero-order valence-electron chi connectivity index (χ0n) is 32.5. The summed E-state index contributed by atoms with van der Waals surface area (Å²) in [6, 6.07) is 76.6. The van der Waals surface area contributed by atoms with Crippen LogP contribution in [-0.4, -0.2) is 9.55 Å². The summed E-state index contributed by atoms with van der Waals surface area (Å²) in [6.07, 6.45) is 0. The molecule has 3 heterocycles. The van der Waals surface area contributed by atoms with Crippen molar-refractivity contribution < 1.29 is 4.42 Å². The number of rotatable bonds is 5. The molecular formula is C56H35N3O. The molecular weight excluding hydrogens is 731 g/mol. The molecule has 0 unspecified atom stereocenters. The molecule has 1 spiro atoms. The second-order valence-corrected chi connectivity index (χ2v) is 15.9. The van der Waals surface area contributed by atoms with Gasteiger partial charge < -0.3 is 9.32 Å². The SMILES string of the molecule is c1ccc(-c2ccc(N(c3ccc(-c4cccc5oc6ccccc6c45)cc3)c3ccc4c(c3)C3(c5ccccc5-c5ccccc53)c3nc5ccccc5n3-4)cc2)cc1. The van der Waals surface area contributed by atoms with E-state index in [-0.39, 0.29) is 0 Å². The van der Waals surface area contributed by atoms with Gasteiger partial charge in [0.1, 0.15) is 22.4 Å². The van der Waals surface area contributed by atoms with E-state index in [1.54, 1.807) is 0 Å². The molecule has 0 fully saturated rings. The van der Waals surface area contributed by atoms with Gasteiger partial charge in [-0.3, -0.25) is 4.57 Å². The molecule has 13 rings (SSSR count). The van der Waals surface area contributed by atoms with Gasteiger partial charge in [0, 0.05) is 33.4 Å². The molecule has 4 heteroatoms. The van der Waals surface area contributed by atoms with E-state index in [9.17, 15) is 0 Å². The van der Waals surface area contributed by atoms with Crippen molar-refractivity contribution in [3.63, 3.8) is 0 Å². The highest BCUT2D eigenvalue weighted by atomic mass is 16.3. The first-order valence-corrected chi connectivity index (χ1v) is 20.5. The average molecular weight is 766 g/mol. The Morgan fingerprint density at radius 3 is 1.78 bits per heavy atom. The molecule has 1 aliphatic heterocycles. The van der Waals surface area contributed by atoms with Crippen LogP contribution in [0.5, 0.6) is 0 Å². The molecule has 280 valence electrons. The Morgan fingerprint density at radius 1 is 0.433 bits per heavy atom. The summed E-state index contributed by atoms with van der Waals surface area (Å²) < 4.78 is 8.68. The Balaban J connectivity index is 1.03. The van der Waals surface area contributed by atoms with E-state index in [2.05, 4.69) is 210 Å². The first kappa shape index (κ1) is 33.1. The van der Waals surface area contributed by atoms with E-state index in [4.69, 9.17) is 9.40 Å². The van der Waals surface area contributed by atoms with Crippen LogP contribution < -0.4 is 4.90 Å². The van der Waals surface area contributed by atoms with Crippen LogP contribution in [0.15, 0.2) is 217 Å². The van der Waals surface area contributed by atoms with E-state index in [0.29, 0.717) is 0 Å². The van der Waals surface area contributed by atoms with Gasteiger partial charge in [0.25, 0.3) is 0 Å². The van der Waals surface area contributed by atoms with Gasteiger partial charge in [-0.15, -0.1) is 0 Å². The van der Waals surface area contributed by atoms with Crippen LogP contribution >= 0.6 is 0 Å². The Morgan fingerprint density at radius 2 is 1.02 bits per heavy atom. The fraction of sp³-hybridized carbons (Fsp3) is 0.0179. The van der Waals surface area contributed by atoms with Crippen molar-refractivity contribution in [2.24, 2.45) is 0 Å². The molecule has 0 saturated heterocycles. The fourth-order valence-corrected chi connectivity index (χ4v) is 10.3. The summed E-state index contributed by atoms with van der Waals surface area (Å²) in [5, 5.41) is 2.27. The quantitative estimate of drug-likeness (QED) is 0.175. The number of furan rings is 1. The van der Waals surface area contributed by atoms with Crippen molar-refractivity contribution in [1.82, 2.24) is 9.55 Å². The minimum absolute atomic E-state index is 0.601. The number of para-hydroxylation sites is 3. The summed E-state index contributed by atoms with van der Waals surface area (Å²) in [7, 11) is 0. The second kappa shape index (κ2) is 12.5. The number of hydrogen-bond acceptors (Lipinski definition) is 3. The van der Waals surface area contributed by atoms with Gasteiger partial charge in [0.2, 0.25) is 0 Å². The monoisotopic (exact) mass is 765 g/mol. The lowest BCUT2D eigenvalue weighted by Gasteiger charge is -2.30. The first-order chi connectivity index (χ1) is 29.8. The first-order valence-electron chi connectivity index (χ1n) is 20.5. The Kier molecular flexibility index (Phi) is 6.90. The van der Waals surface area contributed by atoms with Gasteiger partial charge in [-0.05, 0) is 111 Å². The van der Waals surface area contributed by atoms with E-state index in [1.165, 1.54) is 38.9 Å². The number of fused-ring (bicyclic) bond motifs is 15. The molecule has 9 aromatic carbocycles. The predicted octanol–water partition coefficient (Wildman–Crippen LogP) is 14.4. The smallest absolute Gasteiger partial charge is 0.136 e. The second-order valence-electron chi connectivity index (χ2n) is 15.9. The van der Waals surface area contributed by atoms with Gasteiger partial charge in [-0.2, -0.15) is 0 Å². The molecule has 60 heavy (non-hydrogen) atoms. The predicted molar refractivity (Wildman–Crippen MR) is 245 cm³/mol. The molecule has 0 saturated carbocycles. The lowest BCUT2D eigenvalue weighted by molar-refractivity contribution is 0.669. The molecule has 11 aromatic rings. The van der Waals surface area contributed by atoms with Crippen molar-refractivity contribution in [3.8, 4) is 39.1 Å². The summed E-state index contributed by atoms with van der Waals surface area (Å²) in [5.41, 5.74) is 18.6. The number of hydrogen-bond donors (Lipinski definition) is 0. The minimum atomic E-state index is -0.601. The number of imidazole rings is 1. The highest BCUT2D eigenvalue weighted by Crippen LogP contribution is 2.61. The zero-order chi connectivity index (χ0) is 39.4. The van der Waals surface area contributed by atoms with Crippen LogP contribution in [0.25, 0.3) is 72.0 Å². The van der Waals surface area contributed by atoms with Crippen LogP contribution in [-0.2, 0) is 5.41 Å². The minimum Gasteiger partial charge on any atom is -0.456 e. The van der Waals surface area contributed by atoms with Crippen LogP contribution in [0, 0.1) is 0 Å². The van der Waals surface area contributed by atoms with E-state index in [0.717, 1.165) is 72.7 Å². The van der Waals surface area contributed by atoms with Crippen LogP contribution in [0.3, 0.4) is 0 Å². The maximum absolute atomic E-state index is 6.28. The van der Waals surface area contributed by atoms with Crippen molar-refractivity contribution in [3.05, 3.63) is 235 Å². The zero-order valence-corrected chi connectivity index (χ0v) is 32.5. The van der Waals surface area contributed by atoms with Crippen molar-refractivity contribution >= 4 is 50.0 Å². The van der Waals surface area contributed by atoms with Crippen molar-refractivity contribution in [1.29, 1.82) is 0 Å². The Labute approximate surface area is 346 Å². The summed E-state index contributed by atoms with van der Waals surface area (Å²) in [4.78, 5) is 7.88. The Hall–Kier alpha value is -7.95. The molecule has 0 N–H and O–H groups in total. The van der Waals surface area contributed by atoms with E-state index in [1.807, 2.05) is 12.1 Å². The highest BCUT2D eigenvalue weighted by molar-refractivity contribution is 6.12. The molecule has 0 atom stereocenters. The summed E-state index contributed by atoms with van der Waals surface area (Å²) in [6.45, 7) is 0. The molecule has 1 aliphatic carbocycles. The van der Waals surface area contributed by atoms with E-state index < -0.39 is 5.41 Å². The lowest BCUT2D eigenvalue weighted by atomic mass is 9.73. The maximum atomic E-state index is 6.28. The molecule has 2 aliphatic rings. The van der Waals surface area contributed by atoms with Crippen LogP contribution in [0.4, 0.5) is 17.1 Å². The number of benzene rings is 9. The van der Waals surface area contributed by atoms with Gasteiger partial charge in [-0.1, -0.05) is 146 Å². The standard InChI is InChI=1S/C56H35N3O/c1-2-13-36(14-3-1)37-25-29-39(30-26-37)58(40-31-27-38(28-32-40)42-18-12-24-53-54(42)45-17-6-11-23-52(45)60-53)41-33-34-50-48(35-41)56(55-57-49-21-9-10-22-51(49)59(50)55)46-19-7-4-15-43(46)44-16-5-8-20-47(44)56/h1-35H. The van der Waals surface area contributed by atoms with Crippen molar-refractivity contribution in [2.45, 2.75) is 5.41 Å². The topological polar surface area (TPSA) is 34.2 Å². The highest BCUT2D eigenvalue weighted by Gasteiger charge is 2.54. The lowest BCUT2D eigenvalue weighted by Crippen LogP contribution is -2.27. The fourth-order valence-electron chi connectivity index (χ4n) is 10.3. The van der Waals surface area contributed by atoms with Crippen LogP contribution in [0.1, 0.15) is 22.5 Å². The molecule has 0 bridgehead atoms. The molecule has 2 aromatic heterocycles. The normalized spacial score (nSPS) is 13.1. The van der Waals surface area contributed by atoms with Gasteiger partial charge in [-0.25, -0.2) is 4.98 Å². The summed E-state index contributed by atoms with van der Waals surface area (Å²) in [5.74, 6) is 1.04. The Bertz CT molecular complexity index is 3440. The van der Waals surface area contributed by atoms with Gasteiger partial charge >= 0.3 is 0 Å². The third-order valence-electron chi connectivity index (χ3n) is 12.8. The largest absolute Gasteiger partial charge is 0.456 e. The van der Waals surface area contributed by atoms with Gasteiger partial charge in [0.15, 0.2) is 0 Å². The average Bonchev–Trinajstić information content (AvgIpc) is 4.05. The molecule has 4 nitrogen and oxygen atoms in total. The number of nitrogens with zero attached hydrogens (tertiary/aromatic N) is 3. The molecule has 0 amide bonds. The number of anilines is 3. The molecule has 0 radical (unpaired) electrons. The van der Waals surface area contributed by atoms with E-state index >= 15 is 0 Å². The third-order valence-corrected chi connectivity index (χ3v) is 12.8. The third kappa shape index (κ3) is 4.53. The number of aromatic nitrogens is 2. The van der Waals surface area contributed by atoms with Crippen LogP contribution in [0.2, 0.25) is 0 Å². The van der Waals surface area contributed by atoms with Crippen molar-refractivity contribution in [2.75, 3.05) is 4.90 Å². The maximum Gasteiger partial charge on any atom is 0.136 e.